The molecule has 118 valence electrons. The van der Waals surface area contributed by atoms with Gasteiger partial charge >= 0.3 is 0 Å². The summed E-state index contributed by atoms with van der Waals surface area (Å²) < 4.78 is 0. The molecule has 3 atom stereocenters. The highest BCUT2D eigenvalue weighted by Gasteiger charge is 2.41. The van der Waals surface area contributed by atoms with E-state index in [1.54, 1.807) is 11.3 Å². The Morgan fingerprint density at radius 2 is 2.19 bits per heavy atom. The van der Waals surface area contributed by atoms with Crippen LogP contribution in [-0.4, -0.2) is 34.4 Å². The lowest BCUT2D eigenvalue weighted by molar-refractivity contribution is -0.132. The summed E-state index contributed by atoms with van der Waals surface area (Å²) in [7, 11) is 0. The molecule has 1 fully saturated rings. The van der Waals surface area contributed by atoms with Crippen molar-refractivity contribution in [1.29, 1.82) is 0 Å². The lowest BCUT2D eigenvalue weighted by Crippen LogP contribution is -2.38. The molecule has 0 spiro atoms. The minimum absolute atomic E-state index is 0.0290. The maximum atomic E-state index is 12.7. The van der Waals surface area contributed by atoms with Crippen molar-refractivity contribution in [1.82, 2.24) is 10.2 Å². The van der Waals surface area contributed by atoms with E-state index in [9.17, 15) is 4.79 Å². The molecule has 1 amide bonds. The minimum Gasteiger partial charge on any atom is -0.318 e. The lowest BCUT2D eigenvalue weighted by Gasteiger charge is -2.30. The van der Waals surface area contributed by atoms with E-state index >= 15 is 0 Å². The average molecular weight is 327 g/mol. The molecular formula is C16H26N2OS2. The average Bonchev–Trinajstić information content (AvgIpc) is 3.02. The molecule has 2 heterocycles. The van der Waals surface area contributed by atoms with E-state index in [4.69, 9.17) is 0 Å². The number of rotatable bonds is 7. The molecule has 0 radical (unpaired) electrons. The van der Waals surface area contributed by atoms with Gasteiger partial charge in [0.15, 0.2) is 0 Å². The third kappa shape index (κ3) is 3.82. The first-order chi connectivity index (χ1) is 10.1. The molecule has 2 rings (SSSR count). The Labute approximate surface area is 136 Å². The van der Waals surface area contributed by atoms with Gasteiger partial charge in [0.25, 0.3) is 0 Å². The summed E-state index contributed by atoms with van der Waals surface area (Å²) in [5.41, 5.74) is 0. The number of nitrogens with zero attached hydrogens (tertiary/aromatic N) is 1. The molecule has 1 aliphatic heterocycles. The van der Waals surface area contributed by atoms with Gasteiger partial charge in [-0.2, -0.15) is 11.8 Å². The van der Waals surface area contributed by atoms with Gasteiger partial charge in [-0.05, 0) is 50.3 Å². The standard InChI is InChI=1S/C16H26N2OS2/c1-5-13-16(19)18(11(3)9-10-20-6-2)15(17-13)14-8-7-12(4)21-14/h7-8,11,13,15,17H,5-6,9-10H2,1-4H3. The molecule has 1 aliphatic rings. The van der Waals surface area contributed by atoms with Gasteiger partial charge in [0.2, 0.25) is 5.91 Å². The van der Waals surface area contributed by atoms with Gasteiger partial charge < -0.3 is 4.90 Å². The Morgan fingerprint density at radius 3 is 2.76 bits per heavy atom. The molecule has 5 heteroatoms. The first kappa shape index (κ1) is 16.8. The maximum Gasteiger partial charge on any atom is 0.241 e. The van der Waals surface area contributed by atoms with Crippen LogP contribution in [0.5, 0.6) is 0 Å². The van der Waals surface area contributed by atoms with E-state index in [1.807, 2.05) is 11.8 Å². The first-order valence-corrected chi connectivity index (χ1v) is 9.77. The Morgan fingerprint density at radius 1 is 1.43 bits per heavy atom. The zero-order chi connectivity index (χ0) is 15.4. The molecule has 1 aromatic heterocycles. The van der Waals surface area contributed by atoms with Crippen molar-refractivity contribution in [3.05, 3.63) is 21.9 Å². The number of carbonyl (C=O) groups is 1. The fourth-order valence-corrected chi connectivity index (χ4v) is 4.50. The zero-order valence-corrected chi connectivity index (χ0v) is 15.0. The van der Waals surface area contributed by atoms with E-state index in [0.717, 1.165) is 24.3 Å². The van der Waals surface area contributed by atoms with Crippen LogP contribution < -0.4 is 5.32 Å². The fraction of sp³-hybridized carbons (Fsp3) is 0.688. The van der Waals surface area contributed by atoms with Crippen LogP contribution >= 0.6 is 23.1 Å². The Kier molecular flexibility index (Phi) is 6.14. The van der Waals surface area contributed by atoms with Crippen molar-refractivity contribution in [3.8, 4) is 0 Å². The van der Waals surface area contributed by atoms with Crippen molar-refractivity contribution in [3.63, 3.8) is 0 Å². The van der Waals surface area contributed by atoms with Crippen LogP contribution in [0.15, 0.2) is 12.1 Å². The molecular weight excluding hydrogens is 300 g/mol. The molecule has 3 unspecified atom stereocenters. The van der Waals surface area contributed by atoms with Crippen LogP contribution in [0.25, 0.3) is 0 Å². The number of hydrogen-bond donors (Lipinski definition) is 1. The molecule has 0 aliphatic carbocycles. The third-order valence-corrected chi connectivity index (χ3v) is 5.97. The van der Waals surface area contributed by atoms with Gasteiger partial charge in [0.05, 0.1) is 6.04 Å². The molecule has 0 saturated carbocycles. The topological polar surface area (TPSA) is 32.3 Å². The Hall–Kier alpha value is -0.520. The van der Waals surface area contributed by atoms with Crippen LogP contribution in [-0.2, 0) is 4.79 Å². The largest absolute Gasteiger partial charge is 0.318 e. The van der Waals surface area contributed by atoms with Crippen molar-refractivity contribution in [2.24, 2.45) is 0 Å². The number of amides is 1. The van der Waals surface area contributed by atoms with Gasteiger partial charge in [0, 0.05) is 15.8 Å². The van der Waals surface area contributed by atoms with E-state index in [-0.39, 0.29) is 24.2 Å². The van der Waals surface area contributed by atoms with E-state index in [0.29, 0.717) is 0 Å². The highest BCUT2D eigenvalue weighted by molar-refractivity contribution is 7.99. The third-order valence-electron chi connectivity index (χ3n) is 3.99. The van der Waals surface area contributed by atoms with Crippen molar-refractivity contribution >= 4 is 29.0 Å². The predicted molar refractivity (Wildman–Crippen MR) is 92.9 cm³/mol. The van der Waals surface area contributed by atoms with Crippen LogP contribution in [0.3, 0.4) is 0 Å². The number of aryl methyl sites for hydroxylation is 1. The smallest absolute Gasteiger partial charge is 0.241 e. The zero-order valence-electron chi connectivity index (χ0n) is 13.4. The Bertz CT molecular complexity index is 475. The van der Waals surface area contributed by atoms with Crippen molar-refractivity contribution in [2.45, 2.75) is 58.8 Å². The van der Waals surface area contributed by atoms with Crippen LogP contribution in [0.4, 0.5) is 0 Å². The maximum absolute atomic E-state index is 12.7. The van der Waals surface area contributed by atoms with Gasteiger partial charge in [-0.15, -0.1) is 11.3 Å². The molecule has 3 nitrogen and oxygen atoms in total. The van der Waals surface area contributed by atoms with Gasteiger partial charge in [-0.3, -0.25) is 10.1 Å². The number of hydrogen-bond acceptors (Lipinski definition) is 4. The summed E-state index contributed by atoms with van der Waals surface area (Å²) in [6, 6.07) is 4.55. The second-order valence-electron chi connectivity index (χ2n) is 5.56. The second-order valence-corrected chi connectivity index (χ2v) is 8.27. The van der Waals surface area contributed by atoms with E-state index < -0.39 is 0 Å². The molecule has 0 aromatic carbocycles. The van der Waals surface area contributed by atoms with E-state index in [2.05, 4.69) is 50.0 Å². The quantitative estimate of drug-likeness (QED) is 0.774. The summed E-state index contributed by atoms with van der Waals surface area (Å²) in [6.45, 7) is 8.56. The van der Waals surface area contributed by atoms with Crippen LogP contribution in [0.2, 0.25) is 0 Å². The molecule has 1 saturated heterocycles. The molecule has 1 aromatic rings. The van der Waals surface area contributed by atoms with Crippen LogP contribution in [0.1, 0.15) is 49.5 Å². The monoisotopic (exact) mass is 326 g/mol. The van der Waals surface area contributed by atoms with Crippen molar-refractivity contribution in [2.75, 3.05) is 11.5 Å². The van der Waals surface area contributed by atoms with Gasteiger partial charge in [0.1, 0.15) is 6.17 Å². The molecule has 21 heavy (non-hydrogen) atoms. The van der Waals surface area contributed by atoms with Gasteiger partial charge in [-0.1, -0.05) is 13.8 Å². The van der Waals surface area contributed by atoms with E-state index in [1.165, 1.54) is 9.75 Å². The summed E-state index contributed by atoms with van der Waals surface area (Å²) in [5, 5.41) is 3.52. The number of nitrogens with one attached hydrogen (secondary N) is 1. The highest BCUT2D eigenvalue weighted by atomic mass is 32.2. The second kappa shape index (κ2) is 7.65. The van der Waals surface area contributed by atoms with Crippen LogP contribution in [0, 0.1) is 6.92 Å². The highest BCUT2D eigenvalue weighted by Crippen LogP contribution is 2.33. The number of carbonyl (C=O) groups excluding carboxylic acids is 1. The minimum atomic E-state index is -0.0290. The SMILES string of the molecule is CCSCCC(C)N1C(=O)C(CC)NC1c1ccc(C)s1. The first-order valence-electron chi connectivity index (χ1n) is 7.80. The van der Waals surface area contributed by atoms with Gasteiger partial charge in [-0.25, -0.2) is 0 Å². The fourth-order valence-electron chi connectivity index (χ4n) is 2.77. The number of thiophene rings is 1. The lowest BCUT2D eigenvalue weighted by atomic mass is 10.2. The summed E-state index contributed by atoms with van der Waals surface area (Å²) >= 11 is 3.74. The normalized spacial score (nSPS) is 23.8. The Balaban J connectivity index is 2.14. The summed E-state index contributed by atoms with van der Waals surface area (Å²) in [4.78, 5) is 17.3. The molecule has 0 bridgehead atoms. The predicted octanol–water partition coefficient (Wildman–Crippen LogP) is 3.80. The van der Waals surface area contributed by atoms with Crippen molar-refractivity contribution < 1.29 is 4.79 Å². The summed E-state index contributed by atoms with van der Waals surface area (Å²) in [5.74, 6) is 2.53. The molecule has 1 N–H and O–H groups in total. The summed E-state index contributed by atoms with van der Waals surface area (Å²) in [6.07, 6.45) is 1.97. The number of thioether (sulfide) groups is 1.